The van der Waals surface area contributed by atoms with E-state index in [0.717, 1.165) is 15.9 Å². The zero-order valence-electron chi connectivity index (χ0n) is 9.76. The van der Waals surface area contributed by atoms with E-state index in [-0.39, 0.29) is 11.9 Å². The largest absolute Gasteiger partial charge is 0.341 e. The fourth-order valence-electron chi connectivity index (χ4n) is 1.49. The molecule has 18 heavy (non-hydrogen) atoms. The minimum atomic E-state index is -0.176. The number of aromatic nitrogens is 2. The molecule has 0 saturated heterocycles. The molecule has 4 nitrogen and oxygen atoms in total. The van der Waals surface area contributed by atoms with Crippen molar-refractivity contribution in [2.45, 2.75) is 19.4 Å². The van der Waals surface area contributed by atoms with Gasteiger partial charge in [0.05, 0.1) is 6.04 Å². The standard InChI is InChI=1S/C12H12BrN3OS/c1-2-9(12-14-5-6-18-12)16-11(17)10-4-3-8(13)7-15-10/h3-7,9H,2H2,1H3,(H,16,17). The number of pyridine rings is 1. The molecule has 0 spiro atoms. The third-order valence-electron chi connectivity index (χ3n) is 2.42. The fraction of sp³-hybridized carbons (Fsp3) is 0.250. The Morgan fingerprint density at radius 2 is 2.33 bits per heavy atom. The first-order chi connectivity index (χ1) is 8.70. The van der Waals surface area contributed by atoms with Crippen LogP contribution in [0.3, 0.4) is 0 Å². The SMILES string of the molecule is CCC(NC(=O)c1ccc(Br)cn1)c1nccs1. The molecule has 0 fully saturated rings. The zero-order chi connectivity index (χ0) is 13.0. The van der Waals surface area contributed by atoms with Crippen molar-refractivity contribution in [2.75, 3.05) is 0 Å². The van der Waals surface area contributed by atoms with Crippen molar-refractivity contribution in [3.63, 3.8) is 0 Å². The highest BCUT2D eigenvalue weighted by atomic mass is 79.9. The van der Waals surface area contributed by atoms with Crippen LogP contribution in [0.15, 0.2) is 34.4 Å². The van der Waals surface area contributed by atoms with Gasteiger partial charge in [0.2, 0.25) is 0 Å². The van der Waals surface area contributed by atoms with E-state index < -0.39 is 0 Å². The van der Waals surface area contributed by atoms with Crippen LogP contribution in [0.2, 0.25) is 0 Å². The van der Waals surface area contributed by atoms with Crippen LogP contribution in [0.1, 0.15) is 34.9 Å². The van der Waals surface area contributed by atoms with Crippen molar-refractivity contribution in [2.24, 2.45) is 0 Å². The molecule has 2 aromatic rings. The maximum Gasteiger partial charge on any atom is 0.270 e. The van der Waals surface area contributed by atoms with Crippen LogP contribution in [-0.4, -0.2) is 15.9 Å². The lowest BCUT2D eigenvalue weighted by Crippen LogP contribution is -2.28. The van der Waals surface area contributed by atoms with Gasteiger partial charge in [-0.25, -0.2) is 9.97 Å². The average Bonchev–Trinajstić information content (AvgIpc) is 2.90. The van der Waals surface area contributed by atoms with Gasteiger partial charge in [0.15, 0.2) is 0 Å². The quantitative estimate of drug-likeness (QED) is 0.939. The molecule has 0 aliphatic heterocycles. The minimum absolute atomic E-state index is 0.0528. The van der Waals surface area contributed by atoms with Gasteiger partial charge in [-0.15, -0.1) is 11.3 Å². The van der Waals surface area contributed by atoms with E-state index in [1.54, 1.807) is 35.9 Å². The number of hydrogen-bond acceptors (Lipinski definition) is 4. The first-order valence-corrected chi connectivity index (χ1v) is 7.19. The molecular formula is C12H12BrN3OS. The monoisotopic (exact) mass is 325 g/mol. The molecule has 1 amide bonds. The topological polar surface area (TPSA) is 54.9 Å². The normalized spacial score (nSPS) is 12.1. The molecule has 1 unspecified atom stereocenters. The number of carbonyl (C=O) groups is 1. The van der Waals surface area contributed by atoms with E-state index in [1.165, 1.54) is 0 Å². The molecule has 0 bridgehead atoms. The lowest BCUT2D eigenvalue weighted by molar-refractivity contribution is 0.0930. The molecule has 0 saturated carbocycles. The highest BCUT2D eigenvalue weighted by Gasteiger charge is 2.16. The fourth-order valence-corrected chi connectivity index (χ4v) is 2.49. The van der Waals surface area contributed by atoms with Crippen LogP contribution in [0, 0.1) is 0 Å². The second-order valence-corrected chi connectivity index (χ2v) is 5.51. The maximum absolute atomic E-state index is 12.0. The second kappa shape index (κ2) is 6.06. The summed E-state index contributed by atoms with van der Waals surface area (Å²) in [6.07, 6.45) is 4.15. The molecule has 2 heterocycles. The number of hydrogen-bond donors (Lipinski definition) is 1. The molecule has 0 aromatic carbocycles. The van der Waals surface area contributed by atoms with Crippen LogP contribution in [0.4, 0.5) is 0 Å². The van der Waals surface area contributed by atoms with Crippen molar-refractivity contribution in [1.29, 1.82) is 0 Å². The van der Waals surface area contributed by atoms with E-state index in [9.17, 15) is 4.79 Å². The van der Waals surface area contributed by atoms with Gasteiger partial charge in [-0.05, 0) is 34.5 Å². The molecule has 2 rings (SSSR count). The van der Waals surface area contributed by atoms with Crippen molar-refractivity contribution in [1.82, 2.24) is 15.3 Å². The number of amides is 1. The molecule has 0 aliphatic carbocycles. The predicted molar refractivity (Wildman–Crippen MR) is 74.5 cm³/mol. The summed E-state index contributed by atoms with van der Waals surface area (Å²) in [5.74, 6) is -0.176. The first kappa shape index (κ1) is 13.2. The van der Waals surface area contributed by atoms with Gasteiger partial charge in [0.1, 0.15) is 10.7 Å². The average molecular weight is 326 g/mol. The number of nitrogens with zero attached hydrogens (tertiary/aromatic N) is 2. The molecule has 6 heteroatoms. The lowest BCUT2D eigenvalue weighted by Gasteiger charge is -2.13. The van der Waals surface area contributed by atoms with Crippen LogP contribution < -0.4 is 5.32 Å². The Bertz CT molecular complexity index is 513. The van der Waals surface area contributed by atoms with Crippen LogP contribution >= 0.6 is 27.3 Å². The Labute approximate surface area is 118 Å². The molecule has 2 aromatic heterocycles. The summed E-state index contributed by atoms with van der Waals surface area (Å²) in [7, 11) is 0. The summed E-state index contributed by atoms with van der Waals surface area (Å²) >= 11 is 4.83. The molecule has 1 N–H and O–H groups in total. The minimum Gasteiger partial charge on any atom is -0.341 e. The summed E-state index contributed by atoms with van der Waals surface area (Å²) in [5.41, 5.74) is 0.410. The Kier molecular flexibility index (Phi) is 4.43. The molecule has 0 aliphatic rings. The highest BCUT2D eigenvalue weighted by molar-refractivity contribution is 9.10. The highest BCUT2D eigenvalue weighted by Crippen LogP contribution is 2.19. The summed E-state index contributed by atoms with van der Waals surface area (Å²) in [4.78, 5) is 20.3. The maximum atomic E-state index is 12.0. The number of thiazole rings is 1. The van der Waals surface area contributed by atoms with E-state index in [0.29, 0.717) is 5.69 Å². The number of carbonyl (C=O) groups excluding carboxylic acids is 1. The van der Waals surface area contributed by atoms with E-state index in [1.807, 2.05) is 12.3 Å². The van der Waals surface area contributed by atoms with Crippen molar-refractivity contribution >= 4 is 33.2 Å². The second-order valence-electron chi connectivity index (χ2n) is 3.67. The van der Waals surface area contributed by atoms with Gasteiger partial charge >= 0.3 is 0 Å². The van der Waals surface area contributed by atoms with Crippen LogP contribution in [-0.2, 0) is 0 Å². The molecule has 94 valence electrons. The molecule has 1 atom stereocenters. The summed E-state index contributed by atoms with van der Waals surface area (Å²) in [5, 5.41) is 5.76. The van der Waals surface area contributed by atoms with E-state index in [4.69, 9.17) is 0 Å². The molecule has 0 radical (unpaired) electrons. The summed E-state index contributed by atoms with van der Waals surface area (Å²) in [6, 6.07) is 3.43. The molecular weight excluding hydrogens is 314 g/mol. The van der Waals surface area contributed by atoms with Gasteiger partial charge in [0.25, 0.3) is 5.91 Å². The summed E-state index contributed by atoms with van der Waals surface area (Å²) < 4.78 is 0.853. The van der Waals surface area contributed by atoms with Crippen LogP contribution in [0.25, 0.3) is 0 Å². The van der Waals surface area contributed by atoms with E-state index in [2.05, 4.69) is 31.2 Å². The Morgan fingerprint density at radius 1 is 1.50 bits per heavy atom. The van der Waals surface area contributed by atoms with Gasteiger partial charge in [0, 0.05) is 22.2 Å². The third-order valence-corrected chi connectivity index (χ3v) is 3.78. The van der Waals surface area contributed by atoms with Gasteiger partial charge in [-0.3, -0.25) is 4.79 Å². The van der Waals surface area contributed by atoms with E-state index >= 15 is 0 Å². The van der Waals surface area contributed by atoms with Gasteiger partial charge in [-0.2, -0.15) is 0 Å². The zero-order valence-corrected chi connectivity index (χ0v) is 12.2. The first-order valence-electron chi connectivity index (χ1n) is 5.52. The Balaban J connectivity index is 2.08. The van der Waals surface area contributed by atoms with Crippen molar-refractivity contribution < 1.29 is 4.79 Å². The van der Waals surface area contributed by atoms with Gasteiger partial charge in [-0.1, -0.05) is 6.92 Å². The lowest BCUT2D eigenvalue weighted by atomic mass is 10.2. The number of halogens is 1. The van der Waals surface area contributed by atoms with Crippen molar-refractivity contribution in [3.8, 4) is 0 Å². The van der Waals surface area contributed by atoms with Crippen LogP contribution in [0.5, 0.6) is 0 Å². The predicted octanol–water partition coefficient (Wildman–Crippen LogP) is 3.18. The van der Waals surface area contributed by atoms with Gasteiger partial charge < -0.3 is 5.32 Å². The smallest absolute Gasteiger partial charge is 0.270 e. The third kappa shape index (κ3) is 3.14. The van der Waals surface area contributed by atoms with Crippen molar-refractivity contribution in [3.05, 3.63) is 45.1 Å². The number of rotatable bonds is 4. The summed E-state index contributed by atoms with van der Waals surface area (Å²) in [6.45, 7) is 2.02. The number of nitrogens with one attached hydrogen (secondary N) is 1. The Hall–Kier alpha value is -1.27. The Morgan fingerprint density at radius 3 is 2.89 bits per heavy atom.